The fourth-order valence-electron chi connectivity index (χ4n) is 1.49. The molecule has 1 heterocycles. The van der Waals surface area contributed by atoms with Crippen LogP contribution in [0.25, 0.3) is 0 Å². The Kier molecular flexibility index (Phi) is 2.42. The summed E-state index contributed by atoms with van der Waals surface area (Å²) in [6.45, 7) is 0.574. The van der Waals surface area contributed by atoms with Gasteiger partial charge in [0.2, 0.25) is 0 Å². The maximum Gasteiger partial charge on any atom is 0.404 e. The van der Waals surface area contributed by atoms with Crippen LogP contribution in [0.3, 0.4) is 0 Å². The largest absolute Gasteiger partial charge is 0.404 e. The second kappa shape index (κ2) is 3.01. The van der Waals surface area contributed by atoms with Gasteiger partial charge >= 0.3 is 6.18 Å². The van der Waals surface area contributed by atoms with Gasteiger partial charge in [-0.2, -0.15) is 13.2 Å². The van der Waals surface area contributed by atoms with Crippen molar-refractivity contribution in [2.45, 2.75) is 31.5 Å². The van der Waals surface area contributed by atoms with Crippen LogP contribution in [-0.4, -0.2) is 30.7 Å². The summed E-state index contributed by atoms with van der Waals surface area (Å²) in [7, 11) is 1.54. The summed E-state index contributed by atoms with van der Waals surface area (Å²) in [6, 6.07) is -1.20. The molecule has 1 aliphatic heterocycles. The number of piperidine rings is 1. The smallest absolute Gasteiger partial charge is 0.295 e. The van der Waals surface area contributed by atoms with Crippen molar-refractivity contribution in [2.75, 3.05) is 13.6 Å². The molecule has 1 saturated heterocycles. The number of alkyl halides is 3. The molecule has 0 spiro atoms. The normalized spacial score (nSPS) is 28.9. The van der Waals surface area contributed by atoms with Crippen LogP contribution in [0.15, 0.2) is 0 Å². The Morgan fingerprint density at radius 2 is 1.91 bits per heavy atom. The molecule has 1 unspecified atom stereocenters. The highest BCUT2D eigenvalue weighted by atomic mass is 19.4. The number of likely N-dealkylation sites (tertiary alicyclic amines) is 1. The van der Waals surface area contributed by atoms with E-state index in [0.29, 0.717) is 13.0 Å². The van der Waals surface area contributed by atoms with Crippen molar-refractivity contribution in [1.82, 2.24) is 4.90 Å². The Morgan fingerprint density at radius 1 is 1.27 bits per heavy atom. The van der Waals surface area contributed by atoms with Crippen molar-refractivity contribution in [3.05, 3.63) is 0 Å². The summed E-state index contributed by atoms with van der Waals surface area (Å²) in [5.74, 6) is 0. The Hall–Kier alpha value is -0.250. The molecule has 0 aromatic carbocycles. The van der Waals surface area contributed by atoms with Gasteiger partial charge < -0.3 is 0 Å². The predicted molar refractivity (Wildman–Crippen MR) is 36.3 cm³/mol. The molecule has 0 amide bonds. The molecule has 0 radical (unpaired) electrons. The summed E-state index contributed by atoms with van der Waals surface area (Å²) in [4.78, 5) is 1.39. The number of hydrogen-bond acceptors (Lipinski definition) is 1. The molecule has 0 N–H and O–H groups in total. The van der Waals surface area contributed by atoms with E-state index in [1.807, 2.05) is 0 Å². The third kappa shape index (κ3) is 2.09. The molecule has 11 heavy (non-hydrogen) atoms. The summed E-state index contributed by atoms with van der Waals surface area (Å²) in [5.41, 5.74) is 0. The van der Waals surface area contributed by atoms with Gasteiger partial charge in [0.25, 0.3) is 0 Å². The number of halogens is 3. The Labute approximate surface area is 64.2 Å². The van der Waals surface area contributed by atoms with Gasteiger partial charge in [0.1, 0.15) is 6.04 Å². The Balaban J connectivity index is 2.55. The lowest BCUT2D eigenvalue weighted by atomic mass is 10.0. The molecule has 4 heteroatoms. The first-order chi connectivity index (χ1) is 5.02. The first kappa shape index (κ1) is 8.84. The molecular formula is C7H12F3N. The highest BCUT2D eigenvalue weighted by Gasteiger charge is 2.42. The third-order valence-electron chi connectivity index (χ3n) is 2.15. The standard InChI is InChI=1S/C7H12F3N/c1-11-5-3-2-4-6(11)7(8,9)10/h6H,2-5H2,1H3. The van der Waals surface area contributed by atoms with Crippen LogP contribution in [0.5, 0.6) is 0 Å². The van der Waals surface area contributed by atoms with E-state index in [2.05, 4.69) is 0 Å². The van der Waals surface area contributed by atoms with Gasteiger partial charge in [-0.15, -0.1) is 0 Å². The zero-order valence-corrected chi connectivity index (χ0v) is 6.49. The molecular weight excluding hydrogens is 155 g/mol. The first-order valence-electron chi connectivity index (χ1n) is 3.79. The second-order valence-electron chi connectivity index (χ2n) is 3.03. The highest BCUT2D eigenvalue weighted by molar-refractivity contribution is 4.80. The van der Waals surface area contributed by atoms with Crippen LogP contribution >= 0.6 is 0 Å². The van der Waals surface area contributed by atoms with E-state index in [-0.39, 0.29) is 6.42 Å². The van der Waals surface area contributed by atoms with Gasteiger partial charge in [0, 0.05) is 0 Å². The molecule has 1 nitrogen and oxygen atoms in total. The van der Waals surface area contributed by atoms with Crippen LogP contribution < -0.4 is 0 Å². The molecule has 0 saturated carbocycles. The van der Waals surface area contributed by atoms with Gasteiger partial charge in [0.05, 0.1) is 0 Å². The topological polar surface area (TPSA) is 3.24 Å². The molecule has 1 rings (SSSR count). The summed E-state index contributed by atoms with van der Waals surface area (Å²) in [6.07, 6.45) is -2.17. The highest BCUT2D eigenvalue weighted by Crippen LogP contribution is 2.30. The molecule has 1 atom stereocenters. The Morgan fingerprint density at radius 3 is 2.27 bits per heavy atom. The maximum atomic E-state index is 12.2. The van der Waals surface area contributed by atoms with E-state index < -0.39 is 12.2 Å². The van der Waals surface area contributed by atoms with Crippen LogP contribution in [0.4, 0.5) is 13.2 Å². The van der Waals surface area contributed by atoms with E-state index in [1.54, 1.807) is 0 Å². The van der Waals surface area contributed by atoms with Crippen LogP contribution in [0, 0.1) is 0 Å². The fraction of sp³-hybridized carbons (Fsp3) is 1.00. The molecule has 0 aliphatic carbocycles. The predicted octanol–water partition coefficient (Wildman–Crippen LogP) is 2.03. The monoisotopic (exact) mass is 167 g/mol. The minimum Gasteiger partial charge on any atom is -0.295 e. The van der Waals surface area contributed by atoms with Crippen molar-refractivity contribution < 1.29 is 13.2 Å². The van der Waals surface area contributed by atoms with E-state index in [9.17, 15) is 13.2 Å². The van der Waals surface area contributed by atoms with E-state index >= 15 is 0 Å². The molecule has 66 valence electrons. The molecule has 0 aromatic rings. The zero-order chi connectivity index (χ0) is 8.48. The lowest BCUT2D eigenvalue weighted by molar-refractivity contribution is -0.187. The lowest BCUT2D eigenvalue weighted by Crippen LogP contribution is -2.46. The van der Waals surface area contributed by atoms with E-state index in [0.717, 1.165) is 6.42 Å². The lowest BCUT2D eigenvalue weighted by Gasteiger charge is -2.33. The summed E-state index contributed by atoms with van der Waals surface area (Å²) < 4.78 is 36.5. The summed E-state index contributed by atoms with van der Waals surface area (Å²) in [5, 5.41) is 0. The van der Waals surface area contributed by atoms with Gasteiger partial charge in [-0.05, 0) is 26.4 Å². The molecule has 0 aromatic heterocycles. The number of nitrogens with zero attached hydrogens (tertiary/aromatic N) is 1. The van der Waals surface area contributed by atoms with Crippen molar-refractivity contribution in [3.8, 4) is 0 Å². The minimum absolute atomic E-state index is 0.264. The van der Waals surface area contributed by atoms with Crippen molar-refractivity contribution in [3.63, 3.8) is 0 Å². The van der Waals surface area contributed by atoms with Gasteiger partial charge in [-0.1, -0.05) is 6.42 Å². The minimum atomic E-state index is -4.03. The number of rotatable bonds is 0. The van der Waals surface area contributed by atoms with Crippen LogP contribution in [0.2, 0.25) is 0 Å². The average molecular weight is 167 g/mol. The quantitative estimate of drug-likeness (QED) is 0.533. The Bertz CT molecular complexity index is 132. The molecule has 1 fully saturated rings. The average Bonchev–Trinajstić information content (AvgIpc) is 1.86. The van der Waals surface area contributed by atoms with Crippen LogP contribution in [0.1, 0.15) is 19.3 Å². The van der Waals surface area contributed by atoms with E-state index in [1.165, 1.54) is 11.9 Å². The second-order valence-corrected chi connectivity index (χ2v) is 3.03. The van der Waals surface area contributed by atoms with Gasteiger partial charge in [-0.3, -0.25) is 4.90 Å². The van der Waals surface area contributed by atoms with Crippen molar-refractivity contribution >= 4 is 0 Å². The molecule has 0 bridgehead atoms. The summed E-state index contributed by atoms with van der Waals surface area (Å²) >= 11 is 0. The van der Waals surface area contributed by atoms with Gasteiger partial charge in [0.15, 0.2) is 0 Å². The van der Waals surface area contributed by atoms with E-state index in [4.69, 9.17) is 0 Å². The first-order valence-corrected chi connectivity index (χ1v) is 3.79. The fourth-order valence-corrected chi connectivity index (χ4v) is 1.49. The van der Waals surface area contributed by atoms with Crippen LogP contribution in [-0.2, 0) is 0 Å². The zero-order valence-electron chi connectivity index (χ0n) is 6.49. The van der Waals surface area contributed by atoms with Crippen molar-refractivity contribution in [1.29, 1.82) is 0 Å². The maximum absolute atomic E-state index is 12.2. The third-order valence-corrected chi connectivity index (χ3v) is 2.15. The SMILES string of the molecule is CN1CCCCC1C(F)(F)F. The molecule has 1 aliphatic rings. The van der Waals surface area contributed by atoms with Gasteiger partial charge in [-0.25, -0.2) is 0 Å². The van der Waals surface area contributed by atoms with Crippen molar-refractivity contribution in [2.24, 2.45) is 0 Å². The number of hydrogen-bond donors (Lipinski definition) is 0.